The first-order valence-corrected chi connectivity index (χ1v) is 10.5. The zero-order valence-electron chi connectivity index (χ0n) is 17.1. The molecule has 1 atom stereocenters. The maximum atomic E-state index is 6.40. The topological polar surface area (TPSA) is 18.5 Å². The lowest BCUT2D eigenvalue weighted by atomic mass is 9.88. The quantitative estimate of drug-likeness (QED) is 0.249. The molecule has 144 valence electrons. The van der Waals surface area contributed by atoms with E-state index < -0.39 is 5.79 Å². The van der Waals surface area contributed by atoms with Crippen molar-refractivity contribution in [3.05, 3.63) is 35.9 Å². The summed E-state index contributed by atoms with van der Waals surface area (Å²) in [5.41, 5.74) is 1.16. The van der Waals surface area contributed by atoms with Crippen LogP contribution in [0.5, 0.6) is 0 Å². The number of ether oxygens (including phenoxy) is 2. The summed E-state index contributed by atoms with van der Waals surface area (Å²) in [7, 11) is 0. The first-order valence-electron chi connectivity index (χ1n) is 10.5. The molecule has 0 amide bonds. The third kappa shape index (κ3) is 7.50. The fourth-order valence-corrected chi connectivity index (χ4v) is 3.38. The maximum Gasteiger partial charge on any atom is 0.197 e. The minimum atomic E-state index is -0.600. The Morgan fingerprint density at radius 1 is 0.760 bits per heavy atom. The van der Waals surface area contributed by atoms with Gasteiger partial charge in [-0.25, -0.2) is 0 Å². The summed E-state index contributed by atoms with van der Waals surface area (Å²) in [5, 5.41) is 0. The van der Waals surface area contributed by atoms with Crippen LogP contribution in [0.4, 0.5) is 0 Å². The Morgan fingerprint density at radius 3 is 1.88 bits per heavy atom. The summed E-state index contributed by atoms with van der Waals surface area (Å²) >= 11 is 0. The van der Waals surface area contributed by atoms with Crippen LogP contribution in [0, 0.1) is 5.92 Å². The van der Waals surface area contributed by atoms with Crippen molar-refractivity contribution in [2.45, 2.75) is 91.3 Å². The zero-order chi connectivity index (χ0) is 18.4. The first kappa shape index (κ1) is 22.2. The Bertz CT molecular complexity index is 407. The van der Waals surface area contributed by atoms with Gasteiger partial charge in [-0.05, 0) is 19.3 Å². The second-order valence-electron chi connectivity index (χ2n) is 7.19. The second kappa shape index (κ2) is 13.4. The predicted molar refractivity (Wildman–Crippen MR) is 108 cm³/mol. The van der Waals surface area contributed by atoms with Gasteiger partial charge in [-0.15, -0.1) is 0 Å². The van der Waals surface area contributed by atoms with E-state index in [1.54, 1.807) is 0 Å². The SMILES string of the molecule is CCCCCCCCC(C)C(OCCC)(OCCC)c1ccccc1. The smallest absolute Gasteiger partial charge is 0.197 e. The van der Waals surface area contributed by atoms with Gasteiger partial charge in [-0.3, -0.25) is 0 Å². The molecule has 0 aliphatic heterocycles. The van der Waals surface area contributed by atoms with Crippen molar-refractivity contribution in [3.63, 3.8) is 0 Å². The highest BCUT2D eigenvalue weighted by Crippen LogP contribution is 2.38. The van der Waals surface area contributed by atoms with Crippen molar-refractivity contribution >= 4 is 0 Å². The average Bonchev–Trinajstić information content (AvgIpc) is 2.65. The summed E-state index contributed by atoms with van der Waals surface area (Å²) in [6, 6.07) is 10.6. The molecule has 0 radical (unpaired) electrons. The van der Waals surface area contributed by atoms with E-state index in [1.165, 1.54) is 38.5 Å². The van der Waals surface area contributed by atoms with Crippen molar-refractivity contribution in [1.29, 1.82) is 0 Å². The Labute approximate surface area is 156 Å². The maximum absolute atomic E-state index is 6.40. The van der Waals surface area contributed by atoms with Gasteiger partial charge in [0.05, 0.1) is 13.2 Å². The molecule has 0 heterocycles. The Hall–Kier alpha value is -0.860. The average molecular weight is 349 g/mol. The van der Waals surface area contributed by atoms with Crippen LogP contribution in [0.15, 0.2) is 30.3 Å². The molecule has 2 heteroatoms. The van der Waals surface area contributed by atoms with Crippen LogP contribution >= 0.6 is 0 Å². The molecule has 1 aromatic carbocycles. The van der Waals surface area contributed by atoms with Crippen molar-refractivity contribution in [1.82, 2.24) is 0 Å². The molecule has 0 saturated carbocycles. The fourth-order valence-electron chi connectivity index (χ4n) is 3.38. The molecule has 0 spiro atoms. The lowest BCUT2D eigenvalue weighted by molar-refractivity contribution is -0.276. The third-order valence-electron chi connectivity index (χ3n) is 4.86. The van der Waals surface area contributed by atoms with E-state index in [9.17, 15) is 0 Å². The summed E-state index contributed by atoms with van der Waals surface area (Å²) in [4.78, 5) is 0. The molecule has 2 nitrogen and oxygen atoms in total. The van der Waals surface area contributed by atoms with Gasteiger partial charge in [-0.1, -0.05) is 96.6 Å². The monoisotopic (exact) mass is 348 g/mol. The van der Waals surface area contributed by atoms with Gasteiger partial charge >= 0.3 is 0 Å². The summed E-state index contributed by atoms with van der Waals surface area (Å²) in [6.07, 6.45) is 11.1. The highest BCUT2D eigenvalue weighted by atomic mass is 16.7. The van der Waals surface area contributed by atoms with Gasteiger partial charge in [0.15, 0.2) is 5.79 Å². The normalized spacial score (nSPS) is 13.1. The van der Waals surface area contributed by atoms with Crippen LogP contribution in [0.25, 0.3) is 0 Å². The van der Waals surface area contributed by atoms with Gasteiger partial charge in [-0.2, -0.15) is 0 Å². The lowest BCUT2D eigenvalue weighted by Gasteiger charge is -2.39. The number of hydrogen-bond donors (Lipinski definition) is 0. The number of benzene rings is 1. The highest BCUT2D eigenvalue weighted by molar-refractivity contribution is 5.21. The molecule has 25 heavy (non-hydrogen) atoms. The molecule has 0 bridgehead atoms. The van der Waals surface area contributed by atoms with E-state index in [4.69, 9.17) is 9.47 Å². The van der Waals surface area contributed by atoms with Crippen LogP contribution in [0.1, 0.15) is 91.0 Å². The van der Waals surface area contributed by atoms with Crippen LogP contribution in [-0.2, 0) is 15.3 Å². The van der Waals surface area contributed by atoms with Crippen molar-refractivity contribution in [3.8, 4) is 0 Å². The highest BCUT2D eigenvalue weighted by Gasteiger charge is 2.39. The minimum absolute atomic E-state index is 0.346. The van der Waals surface area contributed by atoms with Crippen LogP contribution in [0.3, 0.4) is 0 Å². The standard InChI is InChI=1S/C23H40O2/c1-5-8-9-10-11-13-16-21(4)23(24-19-6-2,25-20-7-3)22-17-14-12-15-18-22/h12,14-15,17-18,21H,5-11,13,16,19-20H2,1-4H3. The van der Waals surface area contributed by atoms with E-state index in [2.05, 4.69) is 58.0 Å². The van der Waals surface area contributed by atoms with E-state index in [-0.39, 0.29) is 0 Å². The van der Waals surface area contributed by atoms with Crippen molar-refractivity contribution < 1.29 is 9.47 Å². The summed E-state index contributed by atoms with van der Waals surface area (Å²) < 4.78 is 12.8. The predicted octanol–water partition coefficient (Wildman–Crippen LogP) is 7.08. The van der Waals surface area contributed by atoms with Crippen molar-refractivity contribution in [2.24, 2.45) is 5.92 Å². The number of hydrogen-bond acceptors (Lipinski definition) is 2. The van der Waals surface area contributed by atoms with Gasteiger partial charge < -0.3 is 9.47 Å². The molecule has 0 aliphatic rings. The molecule has 1 rings (SSSR count). The molecule has 0 N–H and O–H groups in total. The van der Waals surface area contributed by atoms with Crippen LogP contribution in [-0.4, -0.2) is 13.2 Å². The van der Waals surface area contributed by atoms with Gasteiger partial charge in [0.2, 0.25) is 0 Å². The molecule has 0 saturated heterocycles. The Balaban J connectivity index is 2.79. The van der Waals surface area contributed by atoms with E-state index in [0.29, 0.717) is 5.92 Å². The van der Waals surface area contributed by atoms with Crippen LogP contribution in [0.2, 0.25) is 0 Å². The molecule has 0 aromatic heterocycles. The van der Waals surface area contributed by atoms with E-state index in [0.717, 1.165) is 38.0 Å². The minimum Gasteiger partial charge on any atom is -0.346 e. The summed E-state index contributed by atoms with van der Waals surface area (Å²) in [6.45, 7) is 10.4. The van der Waals surface area contributed by atoms with E-state index in [1.807, 2.05) is 0 Å². The molecule has 1 aromatic rings. The third-order valence-corrected chi connectivity index (χ3v) is 4.86. The Kier molecular flexibility index (Phi) is 11.9. The molecular formula is C23H40O2. The molecule has 0 aliphatic carbocycles. The van der Waals surface area contributed by atoms with Crippen molar-refractivity contribution in [2.75, 3.05) is 13.2 Å². The van der Waals surface area contributed by atoms with Gasteiger partial charge in [0.1, 0.15) is 0 Å². The lowest BCUT2D eigenvalue weighted by Crippen LogP contribution is -2.40. The zero-order valence-corrected chi connectivity index (χ0v) is 17.1. The first-order chi connectivity index (χ1) is 12.2. The number of rotatable bonds is 15. The van der Waals surface area contributed by atoms with Crippen LogP contribution < -0.4 is 0 Å². The fraction of sp³-hybridized carbons (Fsp3) is 0.739. The Morgan fingerprint density at radius 2 is 1.32 bits per heavy atom. The second-order valence-corrected chi connectivity index (χ2v) is 7.19. The molecule has 1 unspecified atom stereocenters. The molecular weight excluding hydrogens is 308 g/mol. The van der Waals surface area contributed by atoms with Gasteiger partial charge in [0.25, 0.3) is 0 Å². The van der Waals surface area contributed by atoms with E-state index >= 15 is 0 Å². The number of unbranched alkanes of at least 4 members (excludes halogenated alkanes) is 5. The molecule has 0 fully saturated rings. The largest absolute Gasteiger partial charge is 0.346 e. The summed E-state index contributed by atoms with van der Waals surface area (Å²) in [5.74, 6) is -0.254. The van der Waals surface area contributed by atoms with Gasteiger partial charge in [0, 0.05) is 11.5 Å².